The summed E-state index contributed by atoms with van der Waals surface area (Å²) in [5.74, 6) is 0.594. The highest BCUT2D eigenvalue weighted by molar-refractivity contribution is 5.37. The van der Waals surface area contributed by atoms with Crippen LogP contribution in [0.15, 0.2) is 4.79 Å². The third-order valence-electron chi connectivity index (χ3n) is 4.33. The second kappa shape index (κ2) is 5.83. The topological polar surface area (TPSA) is 81.2 Å². The summed E-state index contributed by atoms with van der Waals surface area (Å²) in [6.45, 7) is 3.49. The molecule has 0 aromatic carbocycles. The maximum Gasteiger partial charge on any atom is 0.259 e. The largest absolute Gasteiger partial charge is 0.493 e. The van der Waals surface area contributed by atoms with E-state index < -0.39 is 0 Å². The average Bonchev–Trinajstić information content (AvgIpc) is 2.79. The predicted octanol–water partition coefficient (Wildman–Crippen LogP) is 0.933. The Morgan fingerprint density at radius 3 is 2.70 bits per heavy atom. The van der Waals surface area contributed by atoms with E-state index in [0.717, 1.165) is 58.3 Å². The van der Waals surface area contributed by atoms with Crippen LogP contribution in [0.25, 0.3) is 0 Å². The molecule has 0 radical (unpaired) electrons. The number of rotatable bonds is 2. The molecule has 20 heavy (non-hydrogen) atoms. The molecule has 1 saturated carbocycles. The van der Waals surface area contributed by atoms with Gasteiger partial charge in [-0.1, -0.05) is 12.8 Å². The van der Waals surface area contributed by atoms with Gasteiger partial charge in [0.05, 0.1) is 5.56 Å². The molecule has 6 heteroatoms. The number of H-pyrrole nitrogens is 1. The van der Waals surface area contributed by atoms with Crippen LogP contribution in [-0.2, 0) is 0 Å². The van der Waals surface area contributed by atoms with E-state index in [2.05, 4.69) is 15.3 Å². The summed E-state index contributed by atoms with van der Waals surface area (Å²) in [5.41, 5.74) is 0.316. The molecule has 3 rings (SSSR count). The molecule has 0 bridgehead atoms. The average molecular weight is 278 g/mol. The highest BCUT2D eigenvalue weighted by Gasteiger charge is 2.25. The van der Waals surface area contributed by atoms with Gasteiger partial charge in [0.1, 0.15) is 0 Å². The number of hydrogen-bond acceptors (Lipinski definition) is 5. The summed E-state index contributed by atoms with van der Waals surface area (Å²) in [6.07, 6.45) is 5.22. The molecular weight excluding hydrogens is 256 g/mol. The van der Waals surface area contributed by atoms with Gasteiger partial charge in [-0.3, -0.25) is 9.78 Å². The van der Waals surface area contributed by atoms with Gasteiger partial charge in [0, 0.05) is 19.6 Å². The number of hydrogen-bond donors (Lipinski definition) is 3. The van der Waals surface area contributed by atoms with E-state index >= 15 is 0 Å². The fraction of sp³-hybridized carbons (Fsp3) is 0.714. The van der Waals surface area contributed by atoms with E-state index in [1.54, 1.807) is 0 Å². The van der Waals surface area contributed by atoms with Crippen LogP contribution < -0.4 is 15.8 Å². The van der Waals surface area contributed by atoms with E-state index in [1.165, 1.54) is 0 Å². The Balaban J connectivity index is 1.88. The van der Waals surface area contributed by atoms with E-state index in [-0.39, 0.29) is 17.4 Å². The normalized spacial score (nSPS) is 21.1. The fourth-order valence-corrected chi connectivity index (χ4v) is 3.25. The molecule has 1 aliphatic carbocycles. The van der Waals surface area contributed by atoms with Crippen LogP contribution >= 0.6 is 0 Å². The minimum absolute atomic E-state index is 0.0761. The molecule has 2 aliphatic rings. The second-order valence-corrected chi connectivity index (χ2v) is 5.70. The monoisotopic (exact) mass is 278 g/mol. The molecule has 1 aliphatic heterocycles. The van der Waals surface area contributed by atoms with Crippen molar-refractivity contribution in [3.05, 3.63) is 15.9 Å². The predicted molar refractivity (Wildman–Crippen MR) is 77.4 cm³/mol. The number of nitrogens with one attached hydrogen (secondary N) is 2. The number of nitrogens with zero attached hydrogens (tertiary/aromatic N) is 2. The van der Waals surface area contributed by atoms with Crippen molar-refractivity contribution in [1.29, 1.82) is 0 Å². The SMILES string of the molecule is O=c1[nH]c(N2CCCNCC2)nc(O)c1C1CCCC1. The van der Waals surface area contributed by atoms with Gasteiger partial charge in [0.15, 0.2) is 0 Å². The Morgan fingerprint density at radius 2 is 1.95 bits per heavy atom. The molecule has 2 fully saturated rings. The van der Waals surface area contributed by atoms with Gasteiger partial charge < -0.3 is 15.3 Å². The highest BCUT2D eigenvalue weighted by Crippen LogP contribution is 2.35. The Morgan fingerprint density at radius 1 is 1.15 bits per heavy atom. The quantitative estimate of drug-likeness (QED) is 0.750. The molecule has 0 amide bonds. The van der Waals surface area contributed by atoms with Crippen molar-refractivity contribution in [1.82, 2.24) is 15.3 Å². The molecule has 1 saturated heterocycles. The summed E-state index contributed by atoms with van der Waals surface area (Å²) >= 11 is 0. The minimum atomic E-state index is -0.170. The standard InChI is InChI=1S/C14H22N4O2/c19-12-11(10-4-1-2-5-10)13(20)17-14(16-12)18-8-3-6-15-7-9-18/h10,15H,1-9H2,(H2,16,17,19,20). The van der Waals surface area contributed by atoms with Crippen LogP contribution in [0.2, 0.25) is 0 Å². The van der Waals surface area contributed by atoms with Gasteiger partial charge in [-0.2, -0.15) is 4.98 Å². The first-order valence-corrected chi connectivity index (χ1v) is 7.54. The van der Waals surface area contributed by atoms with Gasteiger partial charge in [0.2, 0.25) is 11.8 Å². The first-order chi connectivity index (χ1) is 9.75. The Bertz CT molecular complexity index is 514. The molecule has 0 spiro atoms. The summed E-state index contributed by atoms with van der Waals surface area (Å²) < 4.78 is 0. The lowest BCUT2D eigenvalue weighted by Crippen LogP contribution is -2.31. The molecule has 0 atom stereocenters. The summed E-state index contributed by atoms with van der Waals surface area (Å²) in [7, 11) is 0. The maximum absolute atomic E-state index is 12.3. The number of aromatic hydroxyl groups is 1. The van der Waals surface area contributed by atoms with Gasteiger partial charge in [-0.15, -0.1) is 0 Å². The zero-order valence-corrected chi connectivity index (χ0v) is 11.7. The van der Waals surface area contributed by atoms with Crippen molar-refractivity contribution in [3.8, 4) is 5.88 Å². The zero-order valence-electron chi connectivity index (χ0n) is 11.7. The second-order valence-electron chi connectivity index (χ2n) is 5.70. The lowest BCUT2D eigenvalue weighted by Gasteiger charge is -2.21. The van der Waals surface area contributed by atoms with E-state index in [0.29, 0.717) is 11.5 Å². The van der Waals surface area contributed by atoms with Crippen molar-refractivity contribution >= 4 is 5.95 Å². The van der Waals surface area contributed by atoms with Crippen LogP contribution in [0, 0.1) is 0 Å². The third kappa shape index (κ3) is 2.65. The lowest BCUT2D eigenvalue weighted by molar-refractivity contribution is 0.435. The summed E-state index contributed by atoms with van der Waals surface area (Å²) in [6, 6.07) is 0. The highest BCUT2D eigenvalue weighted by atomic mass is 16.3. The molecule has 3 N–H and O–H groups in total. The van der Waals surface area contributed by atoms with Crippen molar-refractivity contribution < 1.29 is 5.11 Å². The lowest BCUT2D eigenvalue weighted by atomic mass is 10.0. The molecule has 2 heterocycles. The van der Waals surface area contributed by atoms with E-state index in [9.17, 15) is 9.90 Å². The van der Waals surface area contributed by atoms with E-state index in [4.69, 9.17) is 0 Å². The Hall–Kier alpha value is -1.56. The maximum atomic E-state index is 12.3. The van der Waals surface area contributed by atoms with Gasteiger partial charge in [0.25, 0.3) is 5.56 Å². The molecule has 1 aromatic rings. The van der Waals surface area contributed by atoms with Crippen LogP contribution in [0.3, 0.4) is 0 Å². The minimum Gasteiger partial charge on any atom is -0.493 e. The first kappa shape index (κ1) is 13.4. The van der Waals surface area contributed by atoms with Crippen molar-refractivity contribution in [2.24, 2.45) is 0 Å². The van der Waals surface area contributed by atoms with Crippen LogP contribution in [0.5, 0.6) is 5.88 Å². The summed E-state index contributed by atoms with van der Waals surface area (Å²) in [5, 5.41) is 13.5. The van der Waals surface area contributed by atoms with Crippen molar-refractivity contribution in [2.45, 2.75) is 38.0 Å². The summed E-state index contributed by atoms with van der Waals surface area (Å²) in [4.78, 5) is 21.4. The zero-order chi connectivity index (χ0) is 13.9. The molecule has 0 unspecified atom stereocenters. The van der Waals surface area contributed by atoms with Crippen LogP contribution in [0.1, 0.15) is 43.6 Å². The molecule has 1 aromatic heterocycles. The number of aromatic amines is 1. The van der Waals surface area contributed by atoms with Crippen LogP contribution in [-0.4, -0.2) is 41.3 Å². The first-order valence-electron chi connectivity index (χ1n) is 7.54. The van der Waals surface area contributed by atoms with Gasteiger partial charge >= 0.3 is 0 Å². The van der Waals surface area contributed by atoms with E-state index in [1.807, 2.05) is 4.90 Å². The Labute approximate surface area is 118 Å². The fourth-order valence-electron chi connectivity index (χ4n) is 3.25. The third-order valence-corrected chi connectivity index (χ3v) is 4.33. The molecule has 6 nitrogen and oxygen atoms in total. The number of anilines is 1. The van der Waals surface area contributed by atoms with Gasteiger partial charge in [-0.05, 0) is 31.7 Å². The van der Waals surface area contributed by atoms with Crippen molar-refractivity contribution in [2.75, 3.05) is 31.1 Å². The molecular formula is C14H22N4O2. The van der Waals surface area contributed by atoms with Crippen LogP contribution in [0.4, 0.5) is 5.95 Å². The number of aromatic nitrogens is 2. The molecule has 110 valence electrons. The Kier molecular flexibility index (Phi) is 3.91. The smallest absolute Gasteiger partial charge is 0.259 e. The van der Waals surface area contributed by atoms with Gasteiger partial charge in [-0.25, -0.2) is 0 Å². The van der Waals surface area contributed by atoms with Crippen molar-refractivity contribution in [3.63, 3.8) is 0 Å².